The third-order valence-corrected chi connectivity index (χ3v) is 4.02. The zero-order chi connectivity index (χ0) is 14.8. The summed E-state index contributed by atoms with van der Waals surface area (Å²) in [6, 6.07) is 5.76. The lowest BCUT2D eigenvalue weighted by Gasteiger charge is -2.23. The quantitative estimate of drug-likeness (QED) is 0.894. The van der Waals surface area contributed by atoms with Crippen molar-refractivity contribution < 1.29 is 9.90 Å². The number of carbonyl (C=O) groups excluding carboxylic acids is 1. The highest BCUT2D eigenvalue weighted by atomic mass is 16.3. The number of aliphatic hydroxyl groups is 1. The van der Waals surface area contributed by atoms with E-state index in [-0.39, 0.29) is 18.7 Å². The number of hydrogen-bond acceptors (Lipinski definition) is 3. The van der Waals surface area contributed by atoms with E-state index < -0.39 is 0 Å². The molecule has 0 spiro atoms. The highest BCUT2D eigenvalue weighted by Gasteiger charge is 2.27. The topological polar surface area (TPSA) is 69.9 Å². The Morgan fingerprint density at radius 1 is 1.52 bits per heavy atom. The Balaban J connectivity index is 1.66. The van der Waals surface area contributed by atoms with Crippen LogP contribution in [0.15, 0.2) is 24.4 Å². The maximum Gasteiger partial charge on any atom is 0.318 e. The average molecular weight is 288 g/mol. The molecule has 21 heavy (non-hydrogen) atoms. The molecule has 1 unspecified atom stereocenters. The van der Waals surface area contributed by atoms with E-state index in [0.29, 0.717) is 13.1 Å². The SMILES string of the molecule is Cc1cccc2nc(CNC(=O)N3CCCC3CO)cn12. The molecule has 0 bridgehead atoms. The number of pyridine rings is 1. The summed E-state index contributed by atoms with van der Waals surface area (Å²) in [7, 11) is 0. The zero-order valence-electron chi connectivity index (χ0n) is 12.1. The average Bonchev–Trinajstić information content (AvgIpc) is 3.11. The van der Waals surface area contributed by atoms with E-state index in [9.17, 15) is 9.90 Å². The normalized spacial score (nSPS) is 18.4. The third-order valence-electron chi connectivity index (χ3n) is 4.02. The highest BCUT2D eigenvalue weighted by Crippen LogP contribution is 2.16. The Morgan fingerprint density at radius 2 is 2.38 bits per heavy atom. The monoisotopic (exact) mass is 288 g/mol. The number of carbonyl (C=O) groups is 1. The Hall–Kier alpha value is -2.08. The van der Waals surface area contributed by atoms with Crippen molar-refractivity contribution in [2.45, 2.75) is 32.4 Å². The molecule has 3 heterocycles. The van der Waals surface area contributed by atoms with Gasteiger partial charge in [-0.25, -0.2) is 9.78 Å². The van der Waals surface area contributed by atoms with Gasteiger partial charge in [0.15, 0.2) is 0 Å². The first-order chi connectivity index (χ1) is 10.2. The van der Waals surface area contributed by atoms with Crippen molar-refractivity contribution >= 4 is 11.7 Å². The summed E-state index contributed by atoms with van der Waals surface area (Å²) in [6.07, 6.45) is 3.77. The van der Waals surface area contributed by atoms with E-state index in [2.05, 4.69) is 10.3 Å². The van der Waals surface area contributed by atoms with Gasteiger partial charge in [-0.3, -0.25) is 0 Å². The number of hydrogen-bond donors (Lipinski definition) is 2. The van der Waals surface area contributed by atoms with Crippen molar-refractivity contribution in [1.29, 1.82) is 0 Å². The van der Waals surface area contributed by atoms with E-state index in [1.165, 1.54) is 0 Å². The summed E-state index contributed by atoms with van der Waals surface area (Å²) in [5, 5.41) is 12.1. The number of likely N-dealkylation sites (tertiary alicyclic amines) is 1. The number of aliphatic hydroxyl groups excluding tert-OH is 1. The Morgan fingerprint density at radius 3 is 3.14 bits per heavy atom. The van der Waals surface area contributed by atoms with E-state index in [1.807, 2.05) is 35.7 Å². The number of imidazole rings is 1. The zero-order valence-corrected chi connectivity index (χ0v) is 12.1. The van der Waals surface area contributed by atoms with Crippen molar-refractivity contribution in [1.82, 2.24) is 19.6 Å². The van der Waals surface area contributed by atoms with Gasteiger partial charge in [-0.05, 0) is 31.9 Å². The fraction of sp³-hybridized carbons (Fsp3) is 0.467. The molecule has 0 aliphatic carbocycles. The molecule has 3 rings (SSSR count). The number of aromatic nitrogens is 2. The van der Waals surface area contributed by atoms with Crippen LogP contribution in [-0.2, 0) is 6.54 Å². The molecule has 1 atom stereocenters. The van der Waals surface area contributed by atoms with Gasteiger partial charge in [-0.15, -0.1) is 0 Å². The van der Waals surface area contributed by atoms with E-state index in [0.717, 1.165) is 29.9 Å². The lowest BCUT2D eigenvalue weighted by atomic mass is 10.2. The van der Waals surface area contributed by atoms with Crippen LogP contribution in [0.25, 0.3) is 5.65 Å². The van der Waals surface area contributed by atoms with E-state index >= 15 is 0 Å². The molecule has 0 aromatic carbocycles. The first-order valence-corrected chi connectivity index (χ1v) is 7.28. The number of aryl methyl sites for hydroxylation is 1. The molecule has 2 amide bonds. The molecule has 1 fully saturated rings. The molecule has 112 valence electrons. The van der Waals surface area contributed by atoms with Crippen LogP contribution in [0.5, 0.6) is 0 Å². The van der Waals surface area contributed by atoms with Crippen molar-refractivity contribution in [3.8, 4) is 0 Å². The summed E-state index contributed by atoms with van der Waals surface area (Å²) < 4.78 is 2.01. The standard InChI is InChI=1S/C15H20N4O2/c1-11-4-2-6-14-17-12(9-19(11)14)8-16-15(21)18-7-3-5-13(18)10-20/h2,4,6,9,13,20H,3,5,7-8,10H2,1H3,(H,16,21). The first-order valence-electron chi connectivity index (χ1n) is 7.28. The molecule has 0 saturated carbocycles. The summed E-state index contributed by atoms with van der Waals surface area (Å²) in [6.45, 7) is 3.16. The third kappa shape index (κ3) is 2.71. The number of amides is 2. The van der Waals surface area contributed by atoms with Crippen molar-refractivity contribution in [2.75, 3.05) is 13.2 Å². The lowest BCUT2D eigenvalue weighted by molar-refractivity contribution is 0.157. The second kappa shape index (κ2) is 5.73. The number of fused-ring (bicyclic) bond motifs is 1. The summed E-state index contributed by atoms with van der Waals surface area (Å²) in [5.41, 5.74) is 2.82. The second-order valence-corrected chi connectivity index (χ2v) is 5.46. The predicted octanol–water partition coefficient (Wildman–Crippen LogP) is 1.31. The molecule has 6 nitrogen and oxygen atoms in total. The number of nitrogens with zero attached hydrogens (tertiary/aromatic N) is 3. The molecule has 6 heteroatoms. The Bertz CT molecular complexity index is 652. The van der Waals surface area contributed by atoms with Crippen LogP contribution in [0.2, 0.25) is 0 Å². The summed E-state index contributed by atoms with van der Waals surface area (Å²) in [4.78, 5) is 18.3. The molecule has 2 aromatic heterocycles. The van der Waals surface area contributed by atoms with Crippen LogP contribution in [0, 0.1) is 6.92 Å². The lowest BCUT2D eigenvalue weighted by Crippen LogP contribution is -2.43. The minimum atomic E-state index is -0.125. The molecule has 0 radical (unpaired) electrons. The maximum atomic E-state index is 12.1. The van der Waals surface area contributed by atoms with Gasteiger partial charge in [-0.2, -0.15) is 0 Å². The minimum Gasteiger partial charge on any atom is -0.394 e. The van der Waals surface area contributed by atoms with Crippen LogP contribution < -0.4 is 5.32 Å². The molecular weight excluding hydrogens is 268 g/mol. The smallest absolute Gasteiger partial charge is 0.318 e. The van der Waals surface area contributed by atoms with Gasteiger partial charge in [0.2, 0.25) is 0 Å². The number of nitrogens with one attached hydrogen (secondary N) is 1. The van der Waals surface area contributed by atoms with Gasteiger partial charge >= 0.3 is 6.03 Å². The Kier molecular flexibility index (Phi) is 3.79. The van der Waals surface area contributed by atoms with Crippen LogP contribution >= 0.6 is 0 Å². The molecule has 1 saturated heterocycles. The summed E-state index contributed by atoms with van der Waals surface area (Å²) in [5.74, 6) is 0. The van der Waals surface area contributed by atoms with Crippen molar-refractivity contribution in [3.05, 3.63) is 35.8 Å². The molecule has 1 aliphatic heterocycles. The largest absolute Gasteiger partial charge is 0.394 e. The van der Waals surface area contributed by atoms with Crippen molar-refractivity contribution in [3.63, 3.8) is 0 Å². The highest BCUT2D eigenvalue weighted by molar-refractivity contribution is 5.74. The van der Waals surface area contributed by atoms with E-state index in [4.69, 9.17) is 0 Å². The van der Waals surface area contributed by atoms with Gasteiger partial charge in [0.05, 0.1) is 24.9 Å². The molecular formula is C15H20N4O2. The summed E-state index contributed by atoms with van der Waals surface area (Å²) >= 11 is 0. The minimum absolute atomic E-state index is 0.0287. The molecule has 1 aliphatic rings. The van der Waals surface area contributed by atoms with Crippen LogP contribution in [0.4, 0.5) is 4.79 Å². The number of urea groups is 1. The fourth-order valence-corrected chi connectivity index (χ4v) is 2.84. The van der Waals surface area contributed by atoms with Crippen LogP contribution in [-0.4, -0.2) is 44.6 Å². The number of rotatable bonds is 3. The predicted molar refractivity (Wildman–Crippen MR) is 79.0 cm³/mol. The van der Waals surface area contributed by atoms with Gasteiger partial charge in [0, 0.05) is 18.4 Å². The van der Waals surface area contributed by atoms with Gasteiger partial charge < -0.3 is 19.7 Å². The first kappa shape index (κ1) is 13.9. The molecule has 2 N–H and O–H groups in total. The van der Waals surface area contributed by atoms with Gasteiger partial charge in [-0.1, -0.05) is 6.07 Å². The van der Waals surface area contributed by atoms with Crippen LogP contribution in [0.1, 0.15) is 24.2 Å². The van der Waals surface area contributed by atoms with E-state index in [1.54, 1.807) is 4.90 Å². The fourth-order valence-electron chi connectivity index (χ4n) is 2.84. The Labute approximate surface area is 123 Å². The maximum absolute atomic E-state index is 12.1. The van der Waals surface area contributed by atoms with Gasteiger partial charge in [0.1, 0.15) is 5.65 Å². The van der Waals surface area contributed by atoms with Crippen LogP contribution in [0.3, 0.4) is 0 Å². The molecule has 2 aromatic rings. The van der Waals surface area contributed by atoms with Gasteiger partial charge in [0.25, 0.3) is 0 Å². The van der Waals surface area contributed by atoms with Crippen molar-refractivity contribution in [2.24, 2.45) is 0 Å². The second-order valence-electron chi connectivity index (χ2n) is 5.46.